The van der Waals surface area contributed by atoms with Gasteiger partial charge in [-0.25, -0.2) is 4.98 Å². The molecule has 2 unspecified atom stereocenters. The zero-order chi connectivity index (χ0) is 23.4. The van der Waals surface area contributed by atoms with E-state index in [1.807, 2.05) is 0 Å². The Labute approximate surface area is 209 Å². The molecule has 0 amide bonds. The molecule has 6 heteroatoms. The number of rotatable bonds is 3. The van der Waals surface area contributed by atoms with Crippen molar-refractivity contribution >= 4 is 16.9 Å². The van der Waals surface area contributed by atoms with Crippen molar-refractivity contribution in [3.05, 3.63) is 34.6 Å². The molecule has 0 spiro atoms. The normalized spacial score (nSPS) is 34.3. The van der Waals surface area contributed by atoms with Crippen LogP contribution in [-0.4, -0.2) is 58.8 Å². The molecule has 188 valence electrons. The second kappa shape index (κ2) is 9.19. The lowest BCUT2D eigenvalue weighted by Crippen LogP contribution is -2.50. The largest absolute Gasteiger partial charge is 0.351 e. The maximum atomic E-state index is 14.1. The minimum absolute atomic E-state index is 0.153. The SMILES string of the molecule is O=c1c(N2CC3CNCC3C2)nc2ccccc2n1[C@H]1C[C@H]2CC[C@@H](C1)N2C1CCCCCCC1. The second-order valence-electron chi connectivity index (χ2n) is 12.1. The standard InChI is InChI=1S/C29H41N5O/c35-29-28(32-18-20-16-30-17-21(20)19-32)31-26-10-6-7-11-27(26)34(29)25-14-23-12-13-24(15-25)33(23)22-8-4-2-1-3-5-9-22/h6-7,10-11,20-25,30H,1-5,8-9,12-19H2/t20?,21?,23-,24+,25+. The molecule has 35 heavy (non-hydrogen) atoms. The Kier molecular flexibility index (Phi) is 5.85. The minimum Gasteiger partial charge on any atom is -0.351 e. The summed E-state index contributed by atoms with van der Waals surface area (Å²) in [6.07, 6.45) is 14.7. The van der Waals surface area contributed by atoms with E-state index in [2.05, 4.69) is 43.9 Å². The van der Waals surface area contributed by atoms with E-state index in [9.17, 15) is 4.79 Å². The number of para-hydroxylation sites is 2. The van der Waals surface area contributed by atoms with Crippen molar-refractivity contribution in [2.75, 3.05) is 31.1 Å². The van der Waals surface area contributed by atoms with Gasteiger partial charge in [-0.3, -0.25) is 9.69 Å². The van der Waals surface area contributed by atoms with Crippen LogP contribution in [0.15, 0.2) is 29.1 Å². The number of benzene rings is 1. The Morgan fingerprint density at radius 2 is 1.43 bits per heavy atom. The number of piperidine rings is 1. The van der Waals surface area contributed by atoms with E-state index in [0.717, 1.165) is 56.1 Å². The van der Waals surface area contributed by atoms with E-state index in [4.69, 9.17) is 4.98 Å². The van der Waals surface area contributed by atoms with E-state index >= 15 is 0 Å². The molecule has 4 aliphatic heterocycles. The number of hydrogen-bond acceptors (Lipinski definition) is 5. The van der Waals surface area contributed by atoms with Crippen LogP contribution in [0, 0.1) is 11.8 Å². The van der Waals surface area contributed by atoms with Gasteiger partial charge in [-0.05, 0) is 62.5 Å². The predicted octanol–water partition coefficient (Wildman–Crippen LogP) is 4.33. The number of fused-ring (bicyclic) bond motifs is 4. The number of anilines is 1. The maximum absolute atomic E-state index is 14.1. The van der Waals surface area contributed by atoms with Gasteiger partial charge in [-0.2, -0.15) is 0 Å². The molecule has 6 nitrogen and oxygen atoms in total. The molecule has 7 rings (SSSR count). The van der Waals surface area contributed by atoms with Gasteiger partial charge in [0.25, 0.3) is 5.56 Å². The van der Waals surface area contributed by atoms with Gasteiger partial charge in [-0.15, -0.1) is 0 Å². The highest BCUT2D eigenvalue weighted by atomic mass is 16.1. The van der Waals surface area contributed by atoms with Crippen LogP contribution in [0.2, 0.25) is 0 Å². The second-order valence-corrected chi connectivity index (χ2v) is 12.1. The van der Waals surface area contributed by atoms with Gasteiger partial charge in [0, 0.05) is 50.3 Å². The lowest BCUT2D eigenvalue weighted by Gasteiger charge is -2.45. The van der Waals surface area contributed by atoms with Crippen molar-refractivity contribution < 1.29 is 0 Å². The highest BCUT2D eigenvalue weighted by molar-refractivity contribution is 5.76. The Morgan fingerprint density at radius 1 is 0.771 bits per heavy atom. The quantitative estimate of drug-likeness (QED) is 0.716. The van der Waals surface area contributed by atoms with E-state index in [1.54, 1.807) is 0 Å². The summed E-state index contributed by atoms with van der Waals surface area (Å²) < 4.78 is 2.19. The van der Waals surface area contributed by atoms with Crippen molar-refractivity contribution in [1.82, 2.24) is 19.8 Å². The summed E-state index contributed by atoms with van der Waals surface area (Å²) in [5.74, 6) is 2.01. The molecule has 5 fully saturated rings. The first-order chi connectivity index (χ1) is 17.3. The predicted molar refractivity (Wildman–Crippen MR) is 141 cm³/mol. The fourth-order valence-electron chi connectivity index (χ4n) is 8.46. The van der Waals surface area contributed by atoms with Crippen LogP contribution in [0.25, 0.3) is 11.0 Å². The van der Waals surface area contributed by atoms with Crippen LogP contribution in [0.5, 0.6) is 0 Å². The summed E-state index contributed by atoms with van der Waals surface area (Å²) in [5, 5.41) is 3.52. The average molecular weight is 476 g/mol. The van der Waals surface area contributed by atoms with Crippen molar-refractivity contribution in [2.24, 2.45) is 11.8 Å². The van der Waals surface area contributed by atoms with Crippen molar-refractivity contribution in [1.29, 1.82) is 0 Å². The highest BCUT2D eigenvalue weighted by Crippen LogP contribution is 2.44. The van der Waals surface area contributed by atoms with Gasteiger partial charge in [0.2, 0.25) is 0 Å². The smallest absolute Gasteiger partial charge is 0.294 e. The van der Waals surface area contributed by atoms with E-state index < -0.39 is 0 Å². The van der Waals surface area contributed by atoms with Gasteiger partial charge in [0.05, 0.1) is 11.0 Å². The van der Waals surface area contributed by atoms with Crippen molar-refractivity contribution in [2.45, 2.75) is 94.8 Å². The molecule has 5 atom stereocenters. The lowest BCUT2D eigenvalue weighted by atomic mass is 9.89. The van der Waals surface area contributed by atoms with E-state index in [-0.39, 0.29) is 5.56 Å². The van der Waals surface area contributed by atoms with Crippen LogP contribution < -0.4 is 15.8 Å². The molecule has 1 N–H and O–H groups in total. The van der Waals surface area contributed by atoms with Crippen LogP contribution in [-0.2, 0) is 0 Å². The Hall–Kier alpha value is -1.92. The molecule has 1 aromatic heterocycles. The van der Waals surface area contributed by atoms with Crippen LogP contribution in [0.1, 0.15) is 76.7 Å². The average Bonchev–Trinajstić information content (AvgIpc) is 3.51. The van der Waals surface area contributed by atoms with Crippen LogP contribution >= 0.6 is 0 Å². The van der Waals surface area contributed by atoms with E-state index in [1.165, 1.54) is 57.8 Å². The summed E-state index contributed by atoms with van der Waals surface area (Å²) in [4.78, 5) is 24.3. The molecule has 1 aliphatic carbocycles. The van der Waals surface area contributed by atoms with Gasteiger partial charge in [0.15, 0.2) is 5.82 Å². The topological polar surface area (TPSA) is 53.4 Å². The fourth-order valence-corrected chi connectivity index (χ4v) is 8.46. The maximum Gasteiger partial charge on any atom is 0.294 e. The van der Waals surface area contributed by atoms with Gasteiger partial charge < -0.3 is 14.8 Å². The van der Waals surface area contributed by atoms with Gasteiger partial charge in [0.1, 0.15) is 0 Å². The molecule has 5 aliphatic rings. The fraction of sp³-hybridized carbons (Fsp3) is 0.724. The summed E-state index contributed by atoms with van der Waals surface area (Å²) >= 11 is 0. The first-order valence-corrected chi connectivity index (χ1v) is 14.5. The summed E-state index contributed by atoms with van der Waals surface area (Å²) in [7, 11) is 0. The van der Waals surface area contributed by atoms with Crippen LogP contribution in [0.3, 0.4) is 0 Å². The molecule has 2 aromatic rings. The Bertz CT molecular complexity index is 1100. The molecular weight excluding hydrogens is 434 g/mol. The molecule has 0 radical (unpaired) electrons. The third-order valence-electron chi connectivity index (χ3n) is 10.1. The van der Waals surface area contributed by atoms with Crippen molar-refractivity contribution in [3.8, 4) is 0 Å². The number of nitrogens with zero attached hydrogens (tertiary/aromatic N) is 4. The first-order valence-electron chi connectivity index (χ1n) is 14.5. The Balaban J connectivity index is 1.21. The number of hydrogen-bond donors (Lipinski definition) is 1. The van der Waals surface area contributed by atoms with Gasteiger partial charge in [-0.1, -0.05) is 44.2 Å². The molecule has 1 saturated carbocycles. The number of aromatic nitrogens is 2. The highest BCUT2D eigenvalue weighted by Gasteiger charge is 2.45. The van der Waals surface area contributed by atoms with Gasteiger partial charge >= 0.3 is 0 Å². The molecule has 4 saturated heterocycles. The third-order valence-corrected chi connectivity index (χ3v) is 10.1. The molecule has 5 heterocycles. The molecular formula is C29H41N5O. The minimum atomic E-state index is 0.153. The zero-order valence-corrected chi connectivity index (χ0v) is 21.1. The van der Waals surface area contributed by atoms with Crippen LogP contribution in [0.4, 0.5) is 5.82 Å². The zero-order valence-electron chi connectivity index (χ0n) is 21.1. The van der Waals surface area contributed by atoms with Crippen molar-refractivity contribution in [3.63, 3.8) is 0 Å². The Morgan fingerprint density at radius 3 is 2.14 bits per heavy atom. The number of nitrogens with one attached hydrogen (secondary N) is 1. The third kappa shape index (κ3) is 3.92. The first kappa shape index (κ1) is 22.3. The summed E-state index contributed by atoms with van der Waals surface area (Å²) in [6, 6.07) is 10.7. The molecule has 2 bridgehead atoms. The lowest BCUT2D eigenvalue weighted by molar-refractivity contribution is 0.0498. The monoisotopic (exact) mass is 475 g/mol. The molecule has 1 aromatic carbocycles. The van der Waals surface area contributed by atoms with E-state index in [0.29, 0.717) is 35.8 Å². The summed E-state index contributed by atoms with van der Waals surface area (Å²) in [5.41, 5.74) is 2.17. The summed E-state index contributed by atoms with van der Waals surface area (Å²) in [6.45, 7) is 4.07.